The highest BCUT2D eigenvalue weighted by molar-refractivity contribution is 7.10. The molecule has 3 nitrogen and oxygen atoms in total. The molecule has 0 fully saturated rings. The lowest BCUT2D eigenvalue weighted by Gasteiger charge is -2.31. The minimum atomic E-state index is -2.57. The number of aryl methyl sites for hydroxylation is 2. The predicted molar refractivity (Wildman–Crippen MR) is 116 cm³/mol. The molecule has 0 aliphatic carbocycles. The third-order valence-electron chi connectivity index (χ3n) is 4.82. The maximum atomic E-state index is 12.8. The largest absolute Gasteiger partial charge is 0.445 e. The molecule has 0 aliphatic rings. The first-order valence-electron chi connectivity index (χ1n) is 9.55. The van der Waals surface area contributed by atoms with Crippen molar-refractivity contribution in [1.29, 1.82) is 0 Å². The van der Waals surface area contributed by atoms with Crippen LogP contribution in [-0.4, -0.2) is 27.4 Å². The molecule has 0 unspecified atom stereocenters. The van der Waals surface area contributed by atoms with Crippen molar-refractivity contribution in [3.05, 3.63) is 71.8 Å². The van der Waals surface area contributed by atoms with Crippen molar-refractivity contribution >= 4 is 27.4 Å². The third kappa shape index (κ3) is 6.68. The molecule has 2 rings (SSSR count). The Hall–Kier alpha value is -1.83. The topological polar surface area (TPSA) is 43.4 Å². The van der Waals surface area contributed by atoms with E-state index in [2.05, 4.69) is 0 Å². The van der Waals surface area contributed by atoms with Crippen LogP contribution in [0.25, 0.3) is 0 Å². The second kappa shape index (κ2) is 9.39. The van der Waals surface area contributed by atoms with E-state index in [1.165, 1.54) is 0 Å². The number of carbonyl (C=O) groups is 2. The predicted octanol–water partition coefficient (Wildman–Crippen LogP) is 4.90. The Labute approximate surface area is 165 Å². The van der Waals surface area contributed by atoms with Crippen LogP contribution in [0.3, 0.4) is 0 Å². The SMILES string of the molecule is C[Si](C)(O[Si](C)(C)C(=O)CCc1ccccc1)C(=O)CCc1ccccc1. The van der Waals surface area contributed by atoms with E-state index in [1.54, 1.807) is 0 Å². The smallest absolute Gasteiger partial charge is 0.248 e. The van der Waals surface area contributed by atoms with Gasteiger partial charge < -0.3 is 13.7 Å². The quantitative estimate of drug-likeness (QED) is 0.535. The second-order valence-corrected chi connectivity index (χ2v) is 15.9. The average molecular weight is 399 g/mol. The number of benzene rings is 2. The molecular weight excluding hydrogens is 368 g/mol. The fourth-order valence-electron chi connectivity index (χ4n) is 3.16. The highest BCUT2D eigenvalue weighted by Gasteiger charge is 2.42. The van der Waals surface area contributed by atoms with Crippen LogP contribution in [0.15, 0.2) is 60.7 Å². The minimum Gasteiger partial charge on any atom is -0.445 e. The summed E-state index contributed by atoms with van der Waals surface area (Å²) in [7, 11) is -5.13. The first kappa shape index (κ1) is 21.5. The van der Waals surface area contributed by atoms with Crippen LogP contribution in [0.5, 0.6) is 0 Å². The zero-order chi connectivity index (χ0) is 19.9. The van der Waals surface area contributed by atoms with E-state index in [4.69, 9.17) is 4.12 Å². The standard InChI is InChI=1S/C22H30O3Si2/c1-26(2,21(23)17-15-19-11-7-5-8-12-19)25-27(3,4)22(24)18-16-20-13-9-6-10-14-20/h5-14H,15-18H2,1-4H3. The molecule has 0 radical (unpaired) electrons. The number of carbonyl (C=O) groups excluding carboxylic acids is 2. The van der Waals surface area contributed by atoms with Crippen molar-refractivity contribution < 1.29 is 13.7 Å². The minimum absolute atomic E-state index is 0.183. The van der Waals surface area contributed by atoms with Crippen molar-refractivity contribution in [2.24, 2.45) is 0 Å². The molecule has 0 aromatic heterocycles. The van der Waals surface area contributed by atoms with E-state index >= 15 is 0 Å². The van der Waals surface area contributed by atoms with Crippen molar-refractivity contribution in [3.8, 4) is 0 Å². The monoisotopic (exact) mass is 398 g/mol. The van der Waals surface area contributed by atoms with Gasteiger partial charge in [0.25, 0.3) is 0 Å². The van der Waals surface area contributed by atoms with Crippen molar-refractivity contribution in [2.45, 2.75) is 51.9 Å². The summed E-state index contributed by atoms with van der Waals surface area (Å²) in [6.45, 7) is 7.72. The van der Waals surface area contributed by atoms with Gasteiger partial charge in [0, 0.05) is 12.8 Å². The van der Waals surface area contributed by atoms with Gasteiger partial charge in [-0.1, -0.05) is 60.7 Å². The molecule has 0 spiro atoms. The summed E-state index contributed by atoms with van der Waals surface area (Å²) >= 11 is 0. The van der Waals surface area contributed by atoms with Crippen LogP contribution >= 0.6 is 0 Å². The van der Waals surface area contributed by atoms with E-state index in [0.29, 0.717) is 12.8 Å². The molecule has 27 heavy (non-hydrogen) atoms. The summed E-state index contributed by atoms with van der Waals surface area (Å²) in [6, 6.07) is 20.0. The average Bonchev–Trinajstić information content (AvgIpc) is 2.65. The highest BCUT2D eigenvalue weighted by Crippen LogP contribution is 2.20. The molecule has 0 heterocycles. The molecule has 5 heteroatoms. The van der Waals surface area contributed by atoms with Crippen molar-refractivity contribution in [1.82, 2.24) is 0 Å². The molecule has 0 amide bonds. The van der Waals surface area contributed by atoms with Crippen LogP contribution < -0.4 is 0 Å². The Balaban J connectivity index is 1.90. The van der Waals surface area contributed by atoms with Gasteiger partial charge in [0.1, 0.15) is 10.8 Å². The molecule has 2 aromatic carbocycles. The lowest BCUT2D eigenvalue weighted by molar-refractivity contribution is -0.113. The molecule has 0 aliphatic heterocycles. The van der Waals surface area contributed by atoms with Crippen molar-refractivity contribution in [2.75, 3.05) is 0 Å². The van der Waals surface area contributed by atoms with Gasteiger partial charge in [0.05, 0.1) is 0 Å². The lowest BCUT2D eigenvalue weighted by atomic mass is 10.1. The zero-order valence-electron chi connectivity index (χ0n) is 16.8. The summed E-state index contributed by atoms with van der Waals surface area (Å²) in [5.41, 5.74) is 2.32. The van der Waals surface area contributed by atoms with E-state index < -0.39 is 16.6 Å². The fourth-order valence-corrected chi connectivity index (χ4v) is 10.6. The van der Waals surface area contributed by atoms with Crippen LogP contribution in [-0.2, 0) is 26.5 Å². The normalized spacial score (nSPS) is 12.0. The van der Waals surface area contributed by atoms with Crippen LogP contribution in [0.4, 0.5) is 0 Å². The maximum absolute atomic E-state index is 12.8. The Morgan fingerprint density at radius 1 is 0.667 bits per heavy atom. The van der Waals surface area contributed by atoms with Gasteiger partial charge in [-0.3, -0.25) is 0 Å². The summed E-state index contributed by atoms with van der Waals surface area (Å²) in [5.74, 6) is 0. The molecule has 0 bridgehead atoms. The van der Waals surface area contributed by atoms with Gasteiger partial charge in [0.2, 0.25) is 16.6 Å². The molecule has 0 saturated heterocycles. The molecule has 0 saturated carbocycles. The third-order valence-corrected chi connectivity index (χ3v) is 12.1. The van der Waals surface area contributed by atoms with Gasteiger partial charge in [-0.2, -0.15) is 0 Å². The van der Waals surface area contributed by atoms with E-state index in [-0.39, 0.29) is 10.8 Å². The number of hydrogen-bond acceptors (Lipinski definition) is 3. The molecule has 2 aromatic rings. The first-order chi connectivity index (χ1) is 12.7. The molecular formula is C22H30O3Si2. The van der Waals surface area contributed by atoms with Gasteiger partial charge >= 0.3 is 0 Å². The Kier molecular flexibility index (Phi) is 7.47. The van der Waals surface area contributed by atoms with Gasteiger partial charge in [-0.05, 0) is 50.2 Å². The van der Waals surface area contributed by atoms with Crippen LogP contribution in [0, 0.1) is 0 Å². The highest BCUT2D eigenvalue weighted by atomic mass is 28.4. The molecule has 0 N–H and O–H groups in total. The summed E-state index contributed by atoms with van der Waals surface area (Å²) < 4.78 is 6.30. The Morgan fingerprint density at radius 3 is 1.33 bits per heavy atom. The van der Waals surface area contributed by atoms with Crippen LogP contribution in [0.2, 0.25) is 26.2 Å². The van der Waals surface area contributed by atoms with Gasteiger partial charge in [0.15, 0.2) is 0 Å². The Bertz CT molecular complexity index is 690. The Morgan fingerprint density at radius 2 is 1.00 bits per heavy atom. The fraction of sp³-hybridized carbons (Fsp3) is 0.364. The van der Waals surface area contributed by atoms with E-state index in [0.717, 1.165) is 24.0 Å². The zero-order valence-corrected chi connectivity index (χ0v) is 18.8. The second-order valence-electron chi connectivity index (χ2n) is 7.94. The van der Waals surface area contributed by atoms with Crippen molar-refractivity contribution in [3.63, 3.8) is 0 Å². The lowest BCUT2D eigenvalue weighted by Crippen LogP contribution is -2.54. The number of hydrogen-bond donors (Lipinski definition) is 0. The summed E-state index contributed by atoms with van der Waals surface area (Å²) in [6.07, 6.45) is 2.41. The van der Waals surface area contributed by atoms with Crippen LogP contribution in [0.1, 0.15) is 24.0 Å². The summed E-state index contributed by atoms with van der Waals surface area (Å²) in [5, 5.41) is 0.366. The maximum Gasteiger partial charge on any atom is 0.248 e. The summed E-state index contributed by atoms with van der Waals surface area (Å²) in [4.78, 5) is 25.5. The first-order valence-corrected chi connectivity index (χ1v) is 15.4. The molecule has 0 atom stereocenters. The van der Waals surface area contributed by atoms with Gasteiger partial charge in [-0.25, -0.2) is 0 Å². The van der Waals surface area contributed by atoms with Gasteiger partial charge in [-0.15, -0.1) is 0 Å². The number of rotatable bonds is 10. The van der Waals surface area contributed by atoms with E-state index in [9.17, 15) is 9.59 Å². The molecule has 144 valence electrons. The van der Waals surface area contributed by atoms with E-state index in [1.807, 2.05) is 86.9 Å².